The van der Waals surface area contributed by atoms with E-state index in [1.54, 1.807) is 0 Å². The third-order valence-corrected chi connectivity index (χ3v) is 9.29. The Bertz CT molecular complexity index is 679. The quantitative estimate of drug-likeness (QED) is 0.605. The molecule has 5 aliphatic rings. The number of ketones is 1. The SMILES string of the molecule is CC12CCC(=O)C=C1CCC1C2CCC2(C)C1CC[C@]21CCC(=O)O1. The van der Waals surface area contributed by atoms with Crippen molar-refractivity contribution in [1.82, 2.24) is 0 Å². The van der Waals surface area contributed by atoms with Crippen molar-refractivity contribution in [2.45, 2.75) is 83.7 Å². The highest BCUT2D eigenvalue weighted by Crippen LogP contribution is 2.69. The predicted molar refractivity (Wildman–Crippen MR) is 94.8 cm³/mol. The number of esters is 1. The molecule has 0 aromatic rings. The van der Waals surface area contributed by atoms with E-state index in [-0.39, 0.29) is 22.4 Å². The molecule has 4 fully saturated rings. The summed E-state index contributed by atoms with van der Waals surface area (Å²) in [7, 11) is 0. The van der Waals surface area contributed by atoms with Crippen LogP contribution in [0, 0.1) is 28.6 Å². The minimum Gasteiger partial charge on any atom is -0.458 e. The summed E-state index contributed by atoms with van der Waals surface area (Å²) in [6, 6.07) is 0. The lowest BCUT2D eigenvalue weighted by molar-refractivity contribution is -0.168. The molecular weight excluding hydrogens is 312 g/mol. The molecule has 3 heteroatoms. The van der Waals surface area contributed by atoms with Gasteiger partial charge in [0.2, 0.25) is 0 Å². The Morgan fingerprint density at radius 3 is 2.48 bits per heavy atom. The largest absolute Gasteiger partial charge is 0.458 e. The van der Waals surface area contributed by atoms with Crippen LogP contribution >= 0.6 is 0 Å². The van der Waals surface area contributed by atoms with Gasteiger partial charge in [0.05, 0.1) is 0 Å². The molecule has 4 aliphatic carbocycles. The lowest BCUT2D eigenvalue weighted by atomic mass is 9.46. The van der Waals surface area contributed by atoms with Crippen LogP contribution in [0.3, 0.4) is 0 Å². The van der Waals surface area contributed by atoms with Crippen LogP contribution in [0.4, 0.5) is 0 Å². The molecule has 1 spiro atoms. The minimum absolute atomic E-state index is 0.0237. The first-order valence-corrected chi connectivity index (χ1v) is 10.3. The fourth-order valence-electron chi connectivity index (χ4n) is 7.85. The van der Waals surface area contributed by atoms with Crippen LogP contribution in [0.25, 0.3) is 0 Å². The summed E-state index contributed by atoms with van der Waals surface area (Å²) in [4.78, 5) is 23.8. The highest BCUT2D eigenvalue weighted by Gasteiger charge is 2.66. The highest BCUT2D eigenvalue weighted by atomic mass is 16.6. The standard InChI is InChI=1S/C22H30O3/c1-20-9-5-15(23)13-14(20)3-4-16-17(20)6-10-21(2)18(16)7-11-22(21)12-8-19(24)25-22/h13,16-18H,3-12H2,1-2H3/t16?,17?,18?,20?,21?,22-/m0/s1. The lowest BCUT2D eigenvalue weighted by Gasteiger charge is -2.59. The first-order chi connectivity index (χ1) is 11.9. The third-order valence-electron chi connectivity index (χ3n) is 9.29. The first-order valence-electron chi connectivity index (χ1n) is 10.3. The maximum Gasteiger partial charge on any atom is 0.306 e. The zero-order valence-electron chi connectivity index (χ0n) is 15.6. The first kappa shape index (κ1) is 16.1. The van der Waals surface area contributed by atoms with Gasteiger partial charge in [-0.2, -0.15) is 0 Å². The third kappa shape index (κ3) is 1.93. The second-order valence-electron chi connectivity index (χ2n) is 9.93. The number of fused-ring (bicyclic) bond motifs is 6. The Morgan fingerprint density at radius 1 is 0.920 bits per heavy atom. The van der Waals surface area contributed by atoms with E-state index in [4.69, 9.17) is 4.74 Å². The van der Waals surface area contributed by atoms with Crippen LogP contribution in [-0.2, 0) is 14.3 Å². The van der Waals surface area contributed by atoms with Crippen LogP contribution in [0.1, 0.15) is 78.1 Å². The normalized spacial score (nSPS) is 51.6. The van der Waals surface area contributed by atoms with E-state index in [2.05, 4.69) is 13.8 Å². The number of allylic oxidation sites excluding steroid dienone is 1. The Balaban J connectivity index is 1.49. The van der Waals surface area contributed by atoms with Crippen molar-refractivity contribution in [1.29, 1.82) is 0 Å². The average Bonchev–Trinajstić information content (AvgIpc) is 3.10. The maximum absolute atomic E-state index is 11.9. The minimum atomic E-state index is -0.167. The smallest absolute Gasteiger partial charge is 0.306 e. The fraction of sp³-hybridized carbons (Fsp3) is 0.818. The van der Waals surface area contributed by atoms with Gasteiger partial charge in [-0.25, -0.2) is 0 Å². The van der Waals surface area contributed by atoms with E-state index in [1.807, 2.05) is 6.08 Å². The summed E-state index contributed by atoms with van der Waals surface area (Å²) in [6.45, 7) is 4.86. The van der Waals surface area contributed by atoms with Crippen LogP contribution in [0.2, 0.25) is 0 Å². The second-order valence-corrected chi connectivity index (χ2v) is 9.93. The van der Waals surface area contributed by atoms with Gasteiger partial charge >= 0.3 is 5.97 Å². The summed E-state index contributed by atoms with van der Waals surface area (Å²) in [6.07, 6.45) is 12.3. The van der Waals surface area contributed by atoms with E-state index in [0.29, 0.717) is 24.0 Å². The zero-order chi connectivity index (χ0) is 17.4. The van der Waals surface area contributed by atoms with Gasteiger partial charge in [0.15, 0.2) is 5.78 Å². The molecule has 0 aromatic heterocycles. The molecule has 0 amide bonds. The van der Waals surface area contributed by atoms with Crippen molar-refractivity contribution < 1.29 is 14.3 Å². The molecule has 3 saturated carbocycles. The van der Waals surface area contributed by atoms with Gasteiger partial charge in [-0.15, -0.1) is 0 Å². The predicted octanol–water partition coefficient (Wildman–Crippen LogP) is 4.59. The van der Waals surface area contributed by atoms with Crippen LogP contribution < -0.4 is 0 Å². The van der Waals surface area contributed by atoms with Gasteiger partial charge in [0.1, 0.15) is 5.60 Å². The number of rotatable bonds is 0. The number of carbonyl (C=O) groups excluding carboxylic acids is 2. The molecule has 25 heavy (non-hydrogen) atoms. The summed E-state index contributed by atoms with van der Waals surface area (Å²) in [5, 5.41) is 0. The fourth-order valence-corrected chi connectivity index (χ4v) is 7.85. The molecule has 5 unspecified atom stereocenters. The van der Waals surface area contributed by atoms with E-state index in [9.17, 15) is 9.59 Å². The van der Waals surface area contributed by atoms with Crippen LogP contribution in [0.5, 0.6) is 0 Å². The van der Waals surface area contributed by atoms with Gasteiger partial charge in [-0.05, 0) is 80.6 Å². The van der Waals surface area contributed by atoms with Crippen LogP contribution in [-0.4, -0.2) is 17.4 Å². The van der Waals surface area contributed by atoms with Crippen molar-refractivity contribution >= 4 is 11.8 Å². The monoisotopic (exact) mass is 342 g/mol. The number of ether oxygens (including phenoxy) is 1. The van der Waals surface area contributed by atoms with E-state index < -0.39 is 0 Å². The summed E-state index contributed by atoms with van der Waals surface area (Å²) < 4.78 is 6.01. The van der Waals surface area contributed by atoms with Gasteiger partial charge in [-0.1, -0.05) is 19.4 Å². The van der Waals surface area contributed by atoms with Crippen molar-refractivity contribution in [3.8, 4) is 0 Å². The molecule has 1 aliphatic heterocycles. The number of carbonyl (C=O) groups is 2. The molecule has 5 rings (SSSR count). The van der Waals surface area contributed by atoms with Crippen molar-refractivity contribution in [3.63, 3.8) is 0 Å². The molecule has 0 bridgehead atoms. The molecule has 0 aromatic carbocycles. The number of hydrogen-bond donors (Lipinski definition) is 0. The molecule has 1 saturated heterocycles. The molecule has 1 heterocycles. The Labute approximate surface area is 150 Å². The van der Waals surface area contributed by atoms with Crippen LogP contribution in [0.15, 0.2) is 11.6 Å². The number of hydrogen-bond acceptors (Lipinski definition) is 3. The van der Waals surface area contributed by atoms with Gasteiger partial charge < -0.3 is 4.74 Å². The summed E-state index contributed by atoms with van der Waals surface area (Å²) in [5.41, 5.74) is 1.68. The Morgan fingerprint density at radius 2 is 1.72 bits per heavy atom. The molecular formula is C22H30O3. The topological polar surface area (TPSA) is 43.4 Å². The van der Waals surface area contributed by atoms with Crippen molar-refractivity contribution in [2.24, 2.45) is 28.6 Å². The van der Waals surface area contributed by atoms with Crippen molar-refractivity contribution in [2.75, 3.05) is 0 Å². The Kier molecular flexibility index (Phi) is 3.21. The highest BCUT2D eigenvalue weighted by molar-refractivity contribution is 5.91. The Hall–Kier alpha value is -1.12. The zero-order valence-corrected chi connectivity index (χ0v) is 15.6. The van der Waals surface area contributed by atoms with Crippen molar-refractivity contribution in [3.05, 3.63) is 11.6 Å². The average molecular weight is 342 g/mol. The molecule has 136 valence electrons. The lowest BCUT2D eigenvalue weighted by Crippen LogP contribution is -2.54. The molecule has 6 atom stereocenters. The van der Waals surface area contributed by atoms with E-state index in [1.165, 1.54) is 31.3 Å². The van der Waals surface area contributed by atoms with Gasteiger partial charge in [0, 0.05) is 18.3 Å². The van der Waals surface area contributed by atoms with Gasteiger partial charge in [0.25, 0.3) is 0 Å². The molecule has 0 N–H and O–H groups in total. The van der Waals surface area contributed by atoms with E-state index in [0.717, 1.165) is 38.0 Å². The van der Waals surface area contributed by atoms with Gasteiger partial charge in [-0.3, -0.25) is 9.59 Å². The molecule has 0 radical (unpaired) electrons. The maximum atomic E-state index is 11.9. The summed E-state index contributed by atoms with van der Waals surface area (Å²) in [5.74, 6) is 2.51. The van der Waals surface area contributed by atoms with E-state index >= 15 is 0 Å². The summed E-state index contributed by atoms with van der Waals surface area (Å²) >= 11 is 0. The molecule has 3 nitrogen and oxygen atoms in total. The second kappa shape index (κ2) is 4.98.